The predicted octanol–water partition coefficient (Wildman–Crippen LogP) is 5.05. The molecular weight excluding hydrogens is 350 g/mol. The average molecular weight is 370 g/mol. The maximum atomic E-state index is 12.8. The summed E-state index contributed by atoms with van der Waals surface area (Å²) in [5.41, 5.74) is 2.03. The summed E-state index contributed by atoms with van der Waals surface area (Å²) in [6, 6.07) is 17.5. The first-order valence-electron chi connectivity index (χ1n) is 8.15. The van der Waals surface area contributed by atoms with E-state index < -0.39 is 0 Å². The summed E-state index contributed by atoms with van der Waals surface area (Å²) >= 11 is 6.80. The lowest BCUT2D eigenvalue weighted by atomic mass is 10.1. The molecule has 1 atom stereocenters. The van der Waals surface area contributed by atoms with E-state index in [2.05, 4.69) is 0 Å². The molecule has 1 aliphatic rings. The Kier molecular flexibility index (Phi) is 5.56. The van der Waals surface area contributed by atoms with Crippen molar-refractivity contribution in [1.29, 1.82) is 0 Å². The Bertz CT molecular complexity index is 800. The lowest BCUT2D eigenvalue weighted by Crippen LogP contribution is -2.30. The van der Waals surface area contributed by atoms with Gasteiger partial charge in [-0.15, -0.1) is 0 Å². The van der Waals surface area contributed by atoms with E-state index in [1.807, 2.05) is 74.5 Å². The number of benzene rings is 2. The van der Waals surface area contributed by atoms with E-state index in [4.69, 9.17) is 17.0 Å². The van der Waals surface area contributed by atoms with Crippen molar-refractivity contribution < 1.29 is 9.53 Å². The zero-order valence-corrected chi connectivity index (χ0v) is 15.8. The number of thiocarbonyl (C=S) groups is 1. The molecule has 1 aliphatic heterocycles. The Morgan fingerprint density at radius 2 is 1.84 bits per heavy atom. The normalized spacial score (nSPS) is 17.2. The van der Waals surface area contributed by atoms with Crippen LogP contribution in [0.3, 0.4) is 0 Å². The fourth-order valence-corrected chi connectivity index (χ4v) is 4.09. The highest BCUT2D eigenvalue weighted by Crippen LogP contribution is 2.38. The third-order valence-corrected chi connectivity index (χ3v) is 5.31. The molecule has 0 spiro atoms. The van der Waals surface area contributed by atoms with Gasteiger partial charge in [0.1, 0.15) is 10.1 Å². The zero-order chi connectivity index (χ0) is 17.8. The molecule has 2 aromatic carbocycles. The fourth-order valence-electron chi connectivity index (χ4n) is 2.67. The minimum atomic E-state index is -0.0834. The molecule has 1 amide bonds. The Morgan fingerprint density at radius 1 is 1.16 bits per heavy atom. The number of carbonyl (C=O) groups is 1. The SMILES string of the molecule is CCOc1ccc(/C=C2\SC(=S)N(C(C)c3ccccc3)C2=O)cc1. The van der Waals surface area contributed by atoms with Gasteiger partial charge in [0.25, 0.3) is 5.91 Å². The van der Waals surface area contributed by atoms with Crippen LogP contribution in [-0.4, -0.2) is 21.7 Å². The molecule has 0 bridgehead atoms. The van der Waals surface area contributed by atoms with Crippen LogP contribution in [0.15, 0.2) is 59.5 Å². The van der Waals surface area contributed by atoms with Crippen LogP contribution in [0.4, 0.5) is 0 Å². The standard InChI is InChI=1S/C20H19NO2S2/c1-3-23-17-11-9-15(10-12-17)13-18-19(22)21(20(24)25-18)14(2)16-7-5-4-6-8-16/h4-14H,3H2,1-2H3/b18-13-. The van der Waals surface area contributed by atoms with Gasteiger partial charge in [0, 0.05) is 0 Å². The number of nitrogens with zero attached hydrogens (tertiary/aromatic N) is 1. The first kappa shape index (κ1) is 17.7. The first-order valence-corrected chi connectivity index (χ1v) is 9.37. The highest BCUT2D eigenvalue weighted by molar-refractivity contribution is 8.26. The van der Waals surface area contributed by atoms with Crippen LogP contribution in [0.5, 0.6) is 5.75 Å². The number of rotatable bonds is 5. The number of carbonyl (C=O) groups excluding carboxylic acids is 1. The summed E-state index contributed by atoms with van der Waals surface area (Å²) in [7, 11) is 0. The molecule has 0 saturated carbocycles. The quantitative estimate of drug-likeness (QED) is 0.545. The number of ether oxygens (including phenoxy) is 1. The molecule has 0 N–H and O–H groups in total. The molecule has 1 fully saturated rings. The highest BCUT2D eigenvalue weighted by atomic mass is 32.2. The first-order chi connectivity index (χ1) is 12.1. The molecule has 1 saturated heterocycles. The van der Waals surface area contributed by atoms with Gasteiger partial charge >= 0.3 is 0 Å². The van der Waals surface area contributed by atoms with Crippen molar-refractivity contribution in [3.8, 4) is 5.75 Å². The number of amides is 1. The second-order valence-electron chi connectivity index (χ2n) is 5.64. The number of hydrogen-bond donors (Lipinski definition) is 0. The lowest BCUT2D eigenvalue weighted by molar-refractivity contribution is -0.123. The number of thioether (sulfide) groups is 1. The van der Waals surface area contributed by atoms with Crippen LogP contribution in [-0.2, 0) is 4.79 Å². The van der Waals surface area contributed by atoms with Crippen LogP contribution in [0.25, 0.3) is 6.08 Å². The molecule has 3 rings (SSSR count). The molecule has 2 aromatic rings. The average Bonchev–Trinajstić information content (AvgIpc) is 2.90. The Hall–Kier alpha value is -2.11. The molecule has 128 valence electrons. The van der Waals surface area contributed by atoms with Crippen molar-refractivity contribution in [3.05, 3.63) is 70.6 Å². The van der Waals surface area contributed by atoms with E-state index in [-0.39, 0.29) is 11.9 Å². The summed E-state index contributed by atoms with van der Waals surface area (Å²) < 4.78 is 6.04. The summed E-state index contributed by atoms with van der Waals surface area (Å²) in [4.78, 5) is 15.2. The maximum Gasteiger partial charge on any atom is 0.266 e. The summed E-state index contributed by atoms with van der Waals surface area (Å²) in [6.07, 6.45) is 1.88. The molecule has 0 radical (unpaired) electrons. The monoisotopic (exact) mass is 369 g/mol. The lowest BCUT2D eigenvalue weighted by Gasteiger charge is -2.23. The van der Waals surface area contributed by atoms with Gasteiger partial charge < -0.3 is 4.74 Å². The van der Waals surface area contributed by atoms with Gasteiger partial charge in [-0.2, -0.15) is 0 Å². The zero-order valence-electron chi connectivity index (χ0n) is 14.1. The van der Waals surface area contributed by atoms with Crippen LogP contribution in [0, 0.1) is 0 Å². The van der Waals surface area contributed by atoms with Crippen molar-refractivity contribution in [2.75, 3.05) is 6.61 Å². The van der Waals surface area contributed by atoms with Gasteiger partial charge in [0.05, 0.1) is 17.6 Å². The molecular formula is C20H19NO2S2. The van der Waals surface area contributed by atoms with Crippen molar-refractivity contribution in [1.82, 2.24) is 4.90 Å². The second kappa shape index (κ2) is 7.85. The molecule has 0 aliphatic carbocycles. The molecule has 25 heavy (non-hydrogen) atoms. The second-order valence-corrected chi connectivity index (χ2v) is 7.32. The van der Waals surface area contributed by atoms with Crippen LogP contribution >= 0.6 is 24.0 Å². The molecule has 1 heterocycles. The maximum absolute atomic E-state index is 12.8. The topological polar surface area (TPSA) is 29.5 Å². The largest absolute Gasteiger partial charge is 0.494 e. The van der Waals surface area contributed by atoms with Crippen molar-refractivity contribution in [2.45, 2.75) is 19.9 Å². The van der Waals surface area contributed by atoms with Gasteiger partial charge in [-0.1, -0.05) is 66.4 Å². The van der Waals surface area contributed by atoms with Crippen LogP contribution in [0.2, 0.25) is 0 Å². The van der Waals surface area contributed by atoms with Gasteiger partial charge in [-0.05, 0) is 43.2 Å². The van der Waals surface area contributed by atoms with E-state index in [0.717, 1.165) is 16.9 Å². The van der Waals surface area contributed by atoms with Crippen molar-refractivity contribution >= 4 is 40.3 Å². The molecule has 5 heteroatoms. The van der Waals surface area contributed by atoms with E-state index >= 15 is 0 Å². The Morgan fingerprint density at radius 3 is 2.48 bits per heavy atom. The van der Waals surface area contributed by atoms with E-state index in [1.165, 1.54) is 11.8 Å². The van der Waals surface area contributed by atoms with Gasteiger partial charge in [-0.3, -0.25) is 9.69 Å². The summed E-state index contributed by atoms with van der Waals surface area (Å²) in [6.45, 7) is 4.59. The number of hydrogen-bond acceptors (Lipinski definition) is 4. The smallest absolute Gasteiger partial charge is 0.266 e. The predicted molar refractivity (Wildman–Crippen MR) is 107 cm³/mol. The summed E-state index contributed by atoms with van der Waals surface area (Å²) in [5.74, 6) is 0.783. The van der Waals surface area contributed by atoms with Crippen LogP contribution in [0.1, 0.15) is 31.0 Å². The minimum Gasteiger partial charge on any atom is -0.494 e. The molecule has 1 unspecified atom stereocenters. The Labute approximate surface area is 157 Å². The Balaban J connectivity index is 1.81. The van der Waals surface area contributed by atoms with Crippen molar-refractivity contribution in [2.24, 2.45) is 0 Å². The third kappa shape index (κ3) is 3.94. The highest BCUT2D eigenvalue weighted by Gasteiger charge is 2.35. The van der Waals surface area contributed by atoms with E-state index in [1.54, 1.807) is 4.90 Å². The summed E-state index contributed by atoms with van der Waals surface area (Å²) in [5, 5.41) is 0. The van der Waals surface area contributed by atoms with Gasteiger partial charge in [-0.25, -0.2) is 0 Å². The van der Waals surface area contributed by atoms with Gasteiger partial charge in [0.2, 0.25) is 0 Å². The van der Waals surface area contributed by atoms with E-state index in [0.29, 0.717) is 15.8 Å². The van der Waals surface area contributed by atoms with Gasteiger partial charge in [0.15, 0.2) is 0 Å². The third-order valence-electron chi connectivity index (χ3n) is 3.98. The minimum absolute atomic E-state index is 0.0414. The van der Waals surface area contributed by atoms with E-state index in [9.17, 15) is 4.79 Å². The molecule has 0 aromatic heterocycles. The van der Waals surface area contributed by atoms with Crippen LogP contribution < -0.4 is 4.74 Å². The fraction of sp³-hybridized carbons (Fsp3) is 0.200. The molecule has 3 nitrogen and oxygen atoms in total. The van der Waals surface area contributed by atoms with Crippen molar-refractivity contribution in [3.63, 3.8) is 0 Å².